The van der Waals surface area contributed by atoms with Crippen molar-refractivity contribution in [3.8, 4) is 0 Å². The van der Waals surface area contributed by atoms with Crippen molar-refractivity contribution in [2.45, 2.75) is 60.3 Å². The van der Waals surface area contributed by atoms with Crippen LogP contribution in [0.5, 0.6) is 0 Å². The minimum Gasteiger partial charge on any atom is -0.373 e. The molecule has 0 bridgehead atoms. The van der Waals surface area contributed by atoms with Crippen LogP contribution in [0.1, 0.15) is 60.3 Å². The Morgan fingerprint density at radius 3 is 1.73 bits per heavy atom. The first kappa shape index (κ1) is 32.2. The summed E-state index contributed by atoms with van der Waals surface area (Å²) in [6, 6.07) is 0. The molecule has 0 rings (SSSR count). The van der Waals surface area contributed by atoms with E-state index in [4.69, 9.17) is 18.1 Å². The molecule has 0 aromatic rings. The van der Waals surface area contributed by atoms with Crippen LogP contribution in [-0.4, -0.2) is 41.2 Å². The first-order valence-corrected chi connectivity index (χ1v) is 13.8. The SMILES string of the molecule is COP(=O)(OC)OP(=O)(OC)OC/C=C(\C)COC/C=C(\C)CC/C=C(\C)CCC=C(C)C. The zero-order valence-electron chi connectivity index (χ0n) is 21.4. The van der Waals surface area contributed by atoms with Gasteiger partial charge in [0.25, 0.3) is 0 Å². The minimum absolute atomic E-state index is 0.0814. The summed E-state index contributed by atoms with van der Waals surface area (Å²) in [7, 11) is -4.78. The summed E-state index contributed by atoms with van der Waals surface area (Å²) in [6.07, 6.45) is 12.6. The number of phosphoric acid groups is 2. The Kier molecular flexibility index (Phi) is 17.2. The van der Waals surface area contributed by atoms with E-state index in [9.17, 15) is 9.13 Å². The van der Waals surface area contributed by atoms with Crippen LogP contribution < -0.4 is 0 Å². The fourth-order valence-electron chi connectivity index (χ4n) is 2.46. The maximum absolute atomic E-state index is 12.4. The van der Waals surface area contributed by atoms with Crippen LogP contribution >= 0.6 is 15.6 Å². The number of allylic oxidation sites excluding steroid dienone is 5. The first-order chi connectivity index (χ1) is 15.5. The Bertz CT molecular complexity index is 771. The van der Waals surface area contributed by atoms with Gasteiger partial charge >= 0.3 is 15.6 Å². The fourth-order valence-corrected chi connectivity index (χ4v) is 4.94. The van der Waals surface area contributed by atoms with Crippen molar-refractivity contribution in [1.29, 1.82) is 0 Å². The van der Waals surface area contributed by atoms with Gasteiger partial charge in [-0.3, -0.25) is 18.1 Å². The molecule has 1 unspecified atom stereocenters. The maximum atomic E-state index is 12.4. The van der Waals surface area contributed by atoms with E-state index in [0.29, 0.717) is 13.2 Å². The van der Waals surface area contributed by atoms with E-state index in [1.165, 1.54) is 16.7 Å². The van der Waals surface area contributed by atoms with E-state index in [2.05, 4.69) is 55.0 Å². The van der Waals surface area contributed by atoms with E-state index in [0.717, 1.165) is 52.6 Å². The van der Waals surface area contributed by atoms with Gasteiger partial charge in [-0.15, -0.1) is 0 Å². The molecule has 0 heterocycles. The molecule has 1 atom stereocenters. The Labute approximate surface area is 200 Å². The molecule has 0 aliphatic carbocycles. The third-order valence-corrected chi connectivity index (χ3v) is 7.94. The van der Waals surface area contributed by atoms with Crippen LogP contribution in [0.25, 0.3) is 0 Å². The second kappa shape index (κ2) is 17.6. The molecule has 8 nitrogen and oxygen atoms in total. The molecule has 0 aromatic carbocycles. The Morgan fingerprint density at radius 2 is 1.18 bits per heavy atom. The third kappa shape index (κ3) is 16.4. The molecular formula is C23H42O8P2. The van der Waals surface area contributed by atoms with E-state index in [1.807, 2.05) is 6.92 Å². The molecule has 192 valence electrons. The van der Waals surface area contributed by atoms with Crippen LogP contribution in [0.3, 0.4) is 0 Å². The maximum Gasteiger partial charge on any atom is 0.483 e. The highest BCUT2D eigenvalue weighted by Crippen LogP contribution is 2.64. The molecule has 0 aromatic heterocycles. The van der Waals surface area contributed by atoms with Crippen molar-refractivity contribution < 1.29 is 36.3 Å². The second-order valence-corrected chi connectivity index (χ2v) is 11.6. The van der Waals surface area contributed by atoms with Crippen molar-refractivity contribution in [2.75, 3.05) is 41.2 Å². The summed E-state index contributed by atoms with van der Waals surface area (Å²) in [5.41, 5.74) is 4.95. The van der Waals surface area contributed by atoms with Crippen molar-refractivity contribution in [2.24, 2.45) is 0 Å². The Morgan fingerprint density at radius 1 is 0.667 bits per heavy atom. The smallest absolute Gasteiger partial charge is 0.373 e. The lowest BCUT2D eigenvalue weighted by molar-refractivity contribution is 0.149. The van der Waals surface area contributed by atoms with Crippen molar-refractivity contribution in [1.82, 2.24) is 0 Å². The summed E-state index contributed by atoms with van der Waals surface area (Å²) in [4.78, 5) is 0. The quantitative estimate of drug-likeness (QED) is 0.106. The molecule has 0 saturated heterocycles. The van der Waals surface area contributed by atoms with Crippen LogP contribution in [0.2, 0.25) is 0 Å². The minimum atomic E-state index is -4.10. The standard InChI is InChI=1S/C23H42O8P2/c1-20(2)11-9-12-21(3)13-10-14-22(4)15-17-29-19-23(5)16-18-30-33(25,28-8)31-32(24,26-6)27-7/h11,13,15-16H,9-10,12,14,17-19H2,1-8H3/b21-13+,22-15+,23-16+. The third-order valence-electron chi connectivity index (χ3n) is 4.54. The van der Waals surface area contributed by atoms with Gasteiger partial charge in [0.2, 0.25) is 0 Å². The van der Waals surface area contributed by atoms with Gasteiger partial charge in [0.05, 0.1) is 19.8 Å². The van der Waals surface area contributed by atoms with E-state index in [-0.39, 0.29) is 6.61 Å². The molecule has 0 spiro atoms. The Balaban J connectivity index is 4.32. The molecule has 0 N–H and O–H groups in total. The van der Waals surface area contributed by atoms with Crippen LogP contribution in [0.15, 0.2) is 46.6 Å². The highest BCUT2D eigenvalue weighted by molar-refractivity contribution is 7.62. The molecule has 0 radical (unpaired) electrons. The lowest BCUT2D eigenvalue weighted by Crippen LogP contribution is -2.01. The van der Waals surface area contributed by atoms with Crippen molar-refractivity contribution >= 4 is 15.6 Å². The lowest BCUT2D eigenvalue weighted by Gasteiger charge is -2.19. The molecule has 0 fully saturated rings. The number of hydrogen-bond donors (Lipinski definition) is 0. The van der Waals surface area contributed by atoms with Gasteiger partial charge < -0.3 is 4.74 Å². The van der Waals surface area contributed by atoms with Gasteiger partial charge in [0.1, 0.15) is 0 Å². The molecular weight excluding hydrogens is 466 g/mol. The van der Waals surface area contributed by atoms with Gasteiger partial charge in [0, 0.05) is 21.3 Å². The number of hydrogen-bond acceptors (Lipinski definition) is 8. The van der Waals surface area contributed by atoms with Gasteiger partial charge in [-0.1, -0.05) is 41.0 Å². The number of phosphoric ester groups is 2. The summed E-state index contributed by atoms with van der Waals surface area (Å²) in [5, 5.41) is 0. The average Bonchev–Trinajstić information content (AvgIpc) is 2.76. The monoisotopic (exact) mass is 508 g/mol. The summed E-state index contributed by atoms with van der Waals surface area (Å²) < 4.78 is 53.8. The van der Waals surface area contributed by atoms with Crippen LogP contribution in [0.4, 0.5) is 0 Å². The van der Waals surface area contributed by atoms with Gasteiger partial charge in [-0.2, -0.15) is 4.31 Å². The molecule has 0 amide bonds. The fraction of sp³-hybridized carbons (Fsp3) is 0.652. The molecule has 0 aliphatic heterocycles. The first-order valence-electron chi connectivity index (χ1n) is 10.9. The highest BCUT2D eigenvalue weighted by Gasteiger charge is 2.38. The summed E-state index contributed by atoms with van der Waals surface area (Å²) >= 11 is 0. The zero-order valence-corrected chi connectivity index (χ0v) is 23.2. The van der Waals surface area contributed by atoms with Gasteiger partial charge in [0.15, 0.2) is 0 Å². The largest absolute Gasteiger partial charge is 0.483 e. The predicted molar refractivity (Wildman–Crippen MR) is 133 cm³/mol. The molecule has 10 heteroatoms. The molecule has 0 saturated carbocycles. The van der Waals surface area contributed by atoms with Gasteiger partial charge in [-0.25, -0.2) is 9.13 Å². The van der Waals surface area contributed by atoms with Crippen LogP contribution in [-0.2, 0) is 36.3 Å². The highest BCUT2D eigenvalue weighted by atomic mass is 31.3. The topological polar surface area (TPSA) is 89.5 Å². The number of ether oxygens (including phenoxy) is 1. The van der Waals surface area contributed by atoms with Crippen LogP contribution in [0, 0.1) is 0 Å². The zero-order chi connectivity index (χ0) is 25.3. The lowest BCUT2D eigenvalue weighted by atomic mass is 10.1. The van der Waals surface area contributed by atoms with Crippen molar-refractivity contribution in [3.63, 3.8) is 0 Å². The van der Waals surface area contributed by atoms with Crippen molar-refractivity contribution in [3.05, 3.63) is 46.6 Å². The van der Waals surface area contributed by atoms with E-state index >= 15 is 0 Å². The van der Waals surface area contributed by atoms with E-state index < -0.39 is 15.6 Å². The molecule has 0 aliphatic rings. The molecule has 33 heavy (non-hydrogen) atoms. The Hall–Kier alpha value is -0.820. The second-order valence-electron chi connectivity index (χ2n) is 7.84. The van der Waals surface area contributed by atoms with E-state index in [1.54, 1.807) is 6.08 Å². The normalized spacial score (nSPS) is 15.5. The predicted octanol–water partition coefficient (Wildman–Crippen LogP) is 7.56. The summed E-state index contributed by atoms with van der Waals surface area (Å²) in [5.74, 6) is 0. The number of rotatable bonds is 18. The average molecular weight is 509 g/mol. The summed E-state index contributed by atoms with van der Waals surface area (Å²) in [6.45, 7) is 11.2. The van der Waals surface area contributed by atoms with Gasteiger partial charge in [-0.05, 0) is 65.9 Å².